The number of benzene rings is 1. The summed E-state index contributed by atoms with van der Waals surface area (Å²) in [4.78, 5) is 41.7. The largest absolute Gasteiger partial charge is 0.469 e. The van der Waals surface area contributed by atoms with Gasteiger partial charge in [0.15, 0.2) is 0 Å². The molecule has 1 saturated carbocycles. The third kappa shape index (κ3) is 8.59. The number of alkyl halides is 2. The molecule has 3 heterocycles. The second-order valence-electron chi connectivity index (χ2n) is 13.3. The van der Waals surface area contributed by atoms with Gasteiger partial charge < -0.3 is 19.8 Å². The molecule has 1 fully saturated rings. The Labute approximate surface area is 295 Å². The van der Waals surface area contributed by atoms with Crippen LogP contribution in [0.4, 0.5) is 29.3 Å². The summed E-state index contributed by atoms with van der Waals surface area (Å²) in [7, 11) is -4.78. The molecule has 0 saturated heterocycles. The number of amides is 1. The van der Waals surface area contributed by atoms with Crippen LogP contribution in [-0.2, 0) is 19.4 Å². The van der Waals surface area contributed by atoms with Crippen molar-refractivity contribution in [2.45, 2.75) is 65.0 Å². The van der Waals surface area contributed by atoms with Gasteiger partial charge in [-0.05, 0) is 43.4 Å². The molecule has 272 valence electrons. The molecular formula is C32H35ClF3N8O6P. The van der Waals surface area contributed by atoms with Crippen molar-refractivity contribution >= 4 is 47.8 Å². The Kier molecular flexibility index (Phi) is 10.9. The van der Waals surface area contributed by atoms with Gasteiger partial charge in [-0.25, -0.2) is 27.8 Å². The molecule has 0 spiro atoms. The van der Waals surface area contributed by atoms with Crippen molar-refractivity contribution in [3.05, 3.63) is 70.1 Å². The number of fused-ring (bicyclic) bond motifs is 1. The molecule has 5 rings (SSSR count). The Morgan fingerprint density at radius 2 is 1.98 bits per heavy atom. The summed E-state index contributed by atoms with van der Waals surface area (Å²) in [5.74, 6) is -0.814. The first-order chi connectivity index (χ1) is 23.9. The van der Waals surface area contributed by atoms with Crippen LogP contribution in [0, 0.1) is 29.6 Å². The number of carbonyl (C=O) groups excluding carboxylic acids is 1. The summed E-state index contributed by atoms with van der Waals surface area (Å²) in [5, 5.41) is 21.9. The molecule has 19 heteroatoms. The molecule has 1 aliphatic rings. The van der Waals surface area contributed by atoms with E-state index in [2.05, 4.69) is 36.2 Å². The zero-order valence-electron chi connectivity index (χ0n) is 28.0. The average molecular weight is 751 g/mol. The average Bonchev–Trinajstić information content (AvgIpc) is 3.71. The Morgan fingerprint density at radius 3 is 2.59 bits per heavy atom. The maximum Gasteiger partial charge on any atom is 0.469 e. The number of anilines is 2. The molecule has 0 radical (unpaired) electrons. The number of carbonyl (C=O) groups is 1. The SMILES string of the molecule is Cc1nc(F)ccc1[C@@H](c1cn(C2(C(F)F)CC2)nn1)N(C(=O)OCCCOP(=O)(O)O)c1cc(Cl)c2ncc(C#N)c(NCC(C)(C)C)c2c1. The Hall–Kier alpha value is -4.33. The third-order valence-electron chi connectivity index (χ3n) is 8.14. The lowest BCUT2D eigenvalue weighted by atomic mass is 9.96. The number of halogens is 4. The van der Waals surface area contributed by atoms with Crippen molar-refractivity contribution in [3.63, 3.8) is 0 Å². The number of phosphoric acid groups is 1. The number of ether oxygens (including phenoxy) is 1. The fourth-order valence-corrected chi connectivity index (χ4v) is 6.03. The summed E-state index contributed by atoms with van der Waals surface area (Å²) in [5.41, 5.74) is -0.460. The van der Waals surface area contributed by atoms with E-state index in [9.17, 15) is 27.8 Å². The highest BCUT2D eigenvalue weighted by atomic mass is 35.5. The van der Waals surface area contributed by atoms with E-state index >= 15 is 0 Å². The lowest BCUT2D eigenvalue weighted by Gasteiger charge is -2.31. The minimum Gasteiger partial charge on any atom is -0.449 e. The highest BCUT2D eigenvalue weighted by Gasteiger charge is 2.54. The highest BCUT2D eigenvalue weighted by molar-refractivity contribution is 7.46. The minimum absolute atomic E-state index is 0.00594. The van der Waals surface area contributed by atoms with Gasteiger partial charge in [0.25, 0.3) is 6.43 Å². The number of nitrogens with one attached hydrogen (secondary N) is 1. The summed E-state index contributed by atoms with van der Waals surface area (Å²) >= 11 is 6.79. The van der Waals surface area contributed by atoms with E-state index < -0.39 is 44.5 Å². The standard InChI is InChI=1S/C32H35ClF3N8O6P/c1-18-21(6-7-25(34)40-18)28(24-16-43(42-41-24)32(8-9-32)29(35)36)44(30(45)49-10-5-11-50-51(46,47)48)20-12-22-26(39-17-31(2,3)4)19(14-37)15-38-27(22)23(33)13-20/h6-7,12-13,15-16,28-29H,5,8-11,17H2,1-4H3,(H,38,39)(H2,46,47,48)/t28-/m0/s1. The van der Waals surface area contributed by atoms with Crippen LogP contribution in [0.5, 0.6) is 0 Å². The molecule has 1 aromatic carbocycles. The number of aromatic nitrogens is 5. The van der Waals surface area contributed by atoms with E-state index in [1.807, 2.05) is 20.8 Å². The van der Waals surface area contributed by atoms with E-state index in [0.29, 0.717) is 23.1 Å². The molecule has 1 atom stereocenters. The predicted octanol–water partition coefficient (Wildman–Crippen LogP) is 6.64. The monoisotopic (exact) mass is 750 g/mol. The molecule has 51 heavy (non-hydrogen) atoms. The molecule has 0 aliphatic heterocycles. The first-order valence-corrected chi connectivity index (χ1v) is 17.6. The molecule has 1 aliphatic carbocycles. The van der Waals surface area contributed by atoms with Gasteiger partial charge in [0, 0.05) is 35.8 Å². The van der Waals surface area contributed by atoms with Gasteiger partial charge in [-0.3, -0.25) is 14.4 Å². The molecule has 0 unspecified atom stereocenters. The maximum absolute atomic E-state index is 14.3. The van der Waals surface area contributed by atoms with Gasteiger partial charge in [0.05, 0.1) is 46.9 Å². The van der Waals surface area contributed by atoms with Crippen LogP contribution in [0.15, 0.2) is 36.7 Å². The van der Waals surface area contributed by atoms with Crippen molar-refractivity contribution in [2.24, 2.45) is 5.41 Å². The first-order valence-electron chi connectivity index (χ1n) is 15.7. The Morgan fingerprint density at radius 1 is 1.25 bits per heavy atom. The maximum atomic E-state index is 14.3. The highest BCUT2D eigenvalue weighted by Crippen LogP contribution is 2.48. The molecule has 14 nitrogen and oxygen atoms in total. The molecular weight excluding hydrogens is 716 g/mol. The van der Waals surface area contributed by atoms with Crippen LogP contribution < -0.4 is 10.2 Å². The number of pyridine rings is 2. The molecule has 1 amide bonds. The van der Waals surface area contributed by atoms with Crippen molar-refractivity contribution in [3.8, 4) is 6.07 Å². The van der Waals surface area contributed by atoms with Crippen molar-refractivity contribution < 1.29 is 41.6 Å². The number of rotatable bonds is 13. The van der Waals surface area contributed by atoms with Gasteiger partial charge in [-0.2, -0.15) is 9.65 Å². The van der Waals surface area contributed by atoms with Gasteiger partial charge >= 0.3 is 13.9 Å². The zero-order chi connectivity index (χ0) is 37.3. The summed E-state index contributed by atoms with van der Waals surface area (Å²) in [6.07, 6.45) is -0.947. The third-order valence-corrected chi connectivity index (χ3v) is 8.94. The lowest BCUT2D eigenvalue weighted by molar-refractivity contribution is 0.0593. The van der Waals surface area contributed by atoms with Crippen LogP contribution in [0.2, 0.25) is 5.02 Å². The smallest absolute Gasteiger partial charge is 0.449 e. The number of aryl methyl sites for hydroxylation is 1. The minimum atomic E-state index is -4.78. The summed E-state index contributed by atoms with van der Waals surface area (Å²) in [6, 6.07) is 6.19. The number of hydrogen-bond donors (Lipinski definition) is 3. The van der Waals surface area contributed by atoms with Crippen LogP contribution in [0.3, 0.4) is 0 Å². The van der Waals surface area contributed by atoms with Crippen LogP contribution in [0.25, 0.3) is 10.9 Å². The van der Waals surface area contributed by atoms with E-state index in [0.717, 1.165) is 15.6 Å². The van der Waals surface area contributed by atoms with Gasteiger partial charge in [-0.1, -0.05) is 43.7 Å². The number of nitriles is 1. The van der Waals surface area contributed by atoms with Crippen LogP contribution in [-0.4, -0.2) is 67.0 Å². The molecule has 3 N–H and O–H groups in total. The topological polar surface area (TPSA) is 189 Å². The molecule has 4 aromatic rings. The van der Waals surface area contributed by atoms with E-state index in [1.54, 1.807) is 6.07 Å². The van der Waals surface area contributed by atoms with E-state index in [4.69, 9.17) is 26.1 Å². The van der Waals surface area contributed by atoms with Crippen molar-refractivity contribution in [1.82, 2.24) is 25.0 Å². The summed E-state index contributed by atoms with van der Waals surface area (Å²) < 4.78 is 64.8. The van der Waals surface area contributed by atoms with Gasteiger partial charge in [0.1, 0.15) is 23.3 Å². The molecule has 3 aromatic heterocycles. The normalized spacial score (nSPS) is 14.7. The fourth-order valence-electron chi connectivity index (χ4n) is 5.40. The lowest BCUT2D eigenvalue weighted by Crippen LogP contribution is -2.37. The first kappa shape index (κ1) is 37.9. The Balaban J connectivity index is 1.70. The number of hydrogen-bond acceptors (Lipinski definition) is 10. The van der Waals surface area contributed by atoms with E-state index in [-0.39, 0.29) is 64.5 Å². The molecule has 0 bridgehead atoms. The van der Waals surface area contributed by atoms with Gasteiger partial charge in [0.2, 0.25) is 5.95 Å². The number of phosphoric ester groups is 1. The van der Waals surface area contributed by atoms with Crippen molar-refractivity contribution in [1.29, 1.82) is 5.26 Å². The zero-order valence-corrected chi connectivity index (χ0v) is 29.6. The second-order valence-corrected chi connectivity index (χ2v) is 14.9. The quantitative estimate of drug-likeness (QED) is 0.0752. The predicted molar refractivity (Wildman–Crippen MR) is 180 cm³/mol. The van der Waals surface area contributed by atoms with Gasteiger partial charge in [-0.15, -0.1) is 5.10 Å². The summed E-state index contributed by atoms with van der Waals surface area (Å²) in [6.45, 7) is 7.09. The van der Waals surface area contributed by atoms with Crippen molar-refractivity contribution in [2.75, 3.05) is 30.0 Å². The second kappa shape index (κ2) is 14.7. The Bertz CT molecular complexity index is 2030. The van der Waals surface area contributed by atoms with E-state index in [1.165, 1.54) is 31.5 Å². The van der Waals surface area contributed by atoms with Crippen LogP contribution >= 0.6 is 19.4 Å². The number of nitrogens with zero attached hydrogens (tertiary/aromatic N) is 7. The van der Waals surface area contributed by atoms with Crippen LogP contribution in [0.1, 0.15) is 68.6 Å². The fraction of sp³-hybridized carbons (Fsp3) is 0.438.